The topological polar surface area (TPSA) is 228 Å². The molecule has 0 aromatic heterocycles. The van der Waals surface area contributed by atoms with Crippen LogP contribution in [0.1, 0.15) is 271 Å². The highest BCUT2D eigenvalue weighted by atomic mass is 16.7. The lowest BCUT2D eigenvalue weighted by atomic mass is 9.97. The Hall–Kier alpha value is -1.79. The highest BCUT2D eigenvalue weighted by Crippen LogP contribution is 2.30. The van der Waals surface area contributed by atoms with Crippen LogP contribution in [0.5, 0.6) is 0 Å². The molecule has 2 heterocycles. The van der Waals surface area contributed by atoms with Gasteiger partial charge in [-0.1, -0.05) is 243 Å². The number of unbranched alkanes of at least 4 members (excludes halogenated alkanes) is 35. The fourth-order valence-electron chi connectivity index (χ4n) is 10.6. The predicted molar refractivity (Wildman–Crippen MR) is 314 cm³/mol. The number of ether oxygens (including phenoxy) is 4. The minimum absolute atomic E-state index is 0.248. The van der Waals surface area contributed by atoms with Gasteiger partial charge in [-0.25, -0.2) is 0 Å². The largest absolute Gasteiger partial charge is 0.394 e. The fourth-order valence-corrected chi connectivity index (χ4v) is 10.6. The molecule has 0 aromatic carbocycles. The van der Waals surface area contributed by atoms with E-state index in [2.05, 4.69) is 43.5 Å². The summed E-state index contributed by atoms with van der Waals surface area (Å²) in [7, 11) is 0. The standard InChI is InChI=1S/C64H119NO13/c1-3-5-7-9-11-13-14-15-16-17-18-19-20-21-22-23-24-25-26-27-28-29-30-31-32-33-34-35-36-37-38-40-42-44-46-48-56(69)65-52(53(68)47-45-43-41-39-12-10-8-6-4-2)51-75-63-61(74)59(72)62(55(50-67)77-63)78-64-60(73)58(71)57(70)54(49-66)76-64/h12,17-18,39,45,47,52-55,57-64,66-68,70-74H,3-11,13-16,19-38,40-44,46,48-51H2,1-2H3,(H,65,69)/b18-17-,39-12+,47-45+. The number of rotatable bonds is 52. The first kappa shape index (κ1) is 72.3. The van der Waals surface area contributed by atoms with Gasteiger partial charge >= 0.3 is 0 Å². The van der Waals surface area contributed by atoms with Gasteiger partial charge in [-0.05, 0) is 57.8 Å². The molecule has 2 fully saturated rings. The van der Waals surface area contributed by atoms with Crippen molar-refractivity contribution in [2.24, 2.45) is 0 Å². The maximum absolute atomic E-state index is 13.2. The SMILES string of the molecule is CCCCC/C=C/CC/C=C/C(O)C(COC1OC(CO)C(OC2OC(CO)C(O)C(O)C2O)C(O)C1O)NC(=O)CCCCCCCCCCCCCCCCCCCCCCCCC/C=C\CCCCCCCCCC. The summed E-state index contributed by atoms with van der Waals surface area (Å²) in [6, 6.07) is -0.927. The Morgan fingerprint density at radius 3 is 1.28 bits per heavy atom. The first-order valence-corrected chi connectivity index (χ1v) is 32.2. The molecule has 2 saturated heterocycles. The molecule has 14 heteroatoms. The molecule has 0 spiro atoms. The van der Waals surface area contributed by atoms with Crippen LogP contribution in [0.25, 0.3) is 0 Å². The Bertz CT molecular complexity index is 1450. The fraction of sp³-hybridized carbons (Fsp3) is 0.891. The van der Waals surface area contributed by atoms with E-state index in [0.717, 1.165) is 38.5 Å². The summed E-state index contributed by atoms with van der Waals surface area (Å²) in [6.07, 6.45) is 45.4. The van der Waals surface area contributed by atoms with Crippen LogP contribution in [0.4, 0.5) is 0 Å². The number of allylic oxidation sites excluding steroid dienone is 5. The van der Waals surface area contributed by atoms with E-state index in [9.17, 15) is 45.6 Å². The highest BCUT2D eigenvalue weighted by Gasteiger charge is 2.51. The number of carbonyl (C=O) groups is 1. The van der Waals surface area contributed by atoms with Crippen molar-refractivity contribution in [1.82, 2.24) is 5.32 Å². The molecular formula is C64H119NO13. The van der Waals surface area contributed by atoms with Crippen LogP contribution in [-0.4, -0.2) is 140 Å². The van der Waals surface area contributed by atoms with Gasteiger partial charge in [-0.3, -0.25) is 4.79 Å². The van der Waals surface area contributed by atoms with Gasteiger partial charge in [-0.15, -0.1) is 0 Å². The molecule has 12 unspecified atom stereocenters. The van der Waals surface area contributed by atoms with Gasteiger partial charge in [0.2, 0.25) is 5.91 Å². The lowest BCUT2D eigenvalue weighted by Crippen LogP contribution is -2.65. The summed E-state index contributed by atoms with van der Waals surface area (Å²) in [5.74, 6) is -0.248. The quantitative estimate of drug-likeness (QED) is 0.0204. The molecule has 2 aliphatic rings. The van der Waals surface area contributed by atoms with Crippen molar-refractivity contribution < 1.29 is 64.6 Å². The molecule has 0 saturated carbocycles. The van der Waals surface area contributed by atoms with Crippen LogP contribution in [0.15, 0.2) is 36.5 Å². The van der Waals surface area contributed by atoms with Gasteiger partial charge in [-0.2, -0.15) is 0 Å². The van der Waals surface area contributed by atoms with Crippen LogP contribution >= 0.6 is 0 Å². The average molecular weight is 1110 g/mol. The smallest absolute Gasteiger partial charge is 0.220 e. The maximum atomic E-state index is 13.2. The third-order valence-corrected chi connectivity index (χ3v) is 15.8. The molecule has 458 valence electrons. The summed E-state index contributed by atoms with van der Waals surface area (Å²) in [5.41, 5.74) is 0. The summed E-state index contributed by atoms with van der Waals surface area (Å²) in [6.45, 7) is 2.73. The van der Waals surface area contributed by atoms with Crippen molar-refractivity contribution >= 4 is 5.91 Å². The Morgan fingerprint density at radius 2 is 0.821 bits per heavy atom. The van der Waals surface area contributed by atoms with Crippen LogP contribution in [0, 0.1) is 0 Å². The van der Waals surface area contributed by atoms with Crippen LogP contribution < -0.4 is 5.32 Å². The zero-order valence-electron chi connectivity index (χ0n) is 49.4. The Kier molecular flexibility index (Phi) is 46.2. The Balaban J connectivity index is 1.55. The molecule has 0 aromatic rings. The van der Waals surface area contributed by atoms with Gasteiger partial charge in [0.1, 0.15) is 48.8 Å². The van der Waals surface area contributed by atoms with E-state index in [1.165, 1.54) is 199 Å². The van der Waals surface area contributed by atoms with Crippen molar-refractivity contribution in [3.05, 3.63) is 36.5 Å². The summed E-state index contributed by atoms with van der Waals surface area (Å²) in [4.78, 5) is 13.2. The molecule has 2 aliphatic heterocycles. The Morgan fingerprint density at radius 1 is 0.449 bits per heavy atom. The highest BCUT2D eigenvalue weighted by molar-refractivity contribution is 5.76. The summed E-state index contributed by atoms with van der Waals surface area (Å²) >= 11 is 0. The van der Waals surface area contributed by atoms with Gasteiger partial charge < -0.3 is 65.1 Å². The van der Waals surface area contributed by atoms with E-state index in [1.807, 2.05) is 6.08 Å². The van der Waals surface area contributed by atoms with Crippen molar-refractivity contribution in [1.29, 1.82) is 0 Å². The first-order valence-electron chi connectivity index (χ1n) is 32.2. The first-order chi connectivity index (χ1) is 38.1. The van der Waals surface area contributed by atoms with E-state index in [1.54, 1.807) is 6.08 Å². The molecular weight excluding hydrogens is 991 g/mol. The van der Waals surface area contributed by atoms with Gasteiger partial charge in [0.05, 0.1) is 32.0 Å². The number of aliphatic hydroxyl groups is 8. The second kappa shape index (κ2) is 49.8. The van der Waals surface area contributed by atoms with Gasteiger partial charge in [0, 0.05) is 6.42 Å². The number of carbonyl (C=O) groups excluding carboxylic acids is 1. The van der Waals surface area contributed by atoms with Crippen molar-refractivity contribution in [2.75, 3.05) is 19.8 Å². The number of amides is 1. The third kappa shape index (κ3) is 34.6. The van der Waals surface area contributed by atoms with E-state index in [4.69, 9.17) is 18.9 Å². The number of hydrogen-bond donors (Lipinski definition) is 9. The van der Waals surface area contributed by atoms with E-state index >= 15 is 0 Å². The minimum Gasteiger partial charge on any atom is -0.394 e. The second-order valence-corrected chi connectivity index (χ2v) is 22.9. The van der Waals surface area contributed by atoms with E-state index < -0.39 is 86.8 Å². The lowest BCUT2D eigenvalue weighted by Gasteiger charge is -2.46. The molecule has 0 bridgehead atoms. The minimum atomic E-state index is -1.79. The van der Waals surface area contributed by atoms with E-state index in [0.29, 0.717) is 12.8 Å². The van der Waals surface area contributed by atoms with Crippen molar-refractivity contribution in [3.63, 3.8) is 0 Å². The number of nitrogens with one attached hydrogen (secondary N) is 1. The molecule has 0 aliphatic carbocycles. The van der Waals surface area contributed by atoms with Crippen molar-refractivity contribution in [2.45, 2.75) is 344 Å². The van der Waals surface area contributed by atoms with Gasteiger partial charge in [0.15, 0.2) is 12.6 Å². The average Bonchev–Trinajstić information content (AvgIpc) is 3.47. The zero-order valence-corrected chi connectivity index (χ0v) is 49.4. The molecule has 78 heavy (non-hydrogen) atoms. The molecule has 0 radical (unpaired) electrons. The third-order valence-electron chi connectivity index (χ3n) is 15.8. The Labute approximate surface area is 474 Å². The van der Waals surface area contributed by atoms with E-state index in [-0.39, 0.29) is 18.9 Å². The predicted octanol–water partition coefficient (Wildman–Crippen LogP) is 11.8. The maximum Gasteiger partial charge on any atom is 0.220 e. The van der Waals surface area contributed by atoms with Crippen LogP contribution in [0.3, 0.4) is 0 Å². The number of aliphatic hydroxyl groups excluding tert-OH is 8. The van der Waals surface area contributed by atoms with Crippen LogP contribution in [-0.2, 0) is 23.7 Å². The summed E-state index contributed by atoms with van der Waals surface area (Å²) in [5, 5.41) is 86.8. The van der Waals surface area contributed by atoms with Crippen LogP contribution in [0.2, 0.25) is 0 Å². The number of hydrogen-bond acceptors (Lipinski definition) is 13. The summed E-state index contributed by atoms with van der Waals surface area (Å²) < 4.78 is 22.7. The van der Waals surface area contributed by atoms with Crippen molar-refractivity contribution in [3.8, 4) is 0 Å². The van der Waals surface area contributed by atoms with Gasteiger partial charge in [0.25, 0.3) is 0 Å². The zero-order chi connectivity index (χ0) is 56.7. The molecule has 14 nitrogen and oxygen atoms in total. The molecule has 2 rings (SSSR count). The molecule has 12 atom stereocenters. The molecule has 1 amide bonds. The monoisotopic (exact) mass is 1110 g/mol. The normalized spacial score (nSPS) is 24.7. The lowest BCUT2D eigenvalue weighted by molar-refractivity contribution is -0.359. The molecule has 9 N–H and O–H groups in total. The second-order valence-electron chi connectivity index (χ2n) is 22.9.